The molecular formula is C15H26N4S. The van der Waals surface area contributed by atoms with Gasteiger partial charge in [0.05, 0.1) is 5.69 Å². The second-order valence-corrected chi connectivity index (χ2v) is 7.47. The van der Waals surface area contributed by atoms with E-state index < -0.39 is 0 Å². The van der Waals surface area contributed by atoms with Crippen LogP contribution >= 0.6 is 11.3 Å². The molecule has 4 nitrogen and oxygen atoms in total. The van der Waals surface area contributed by atoms with Gasteiger partial charge in [0.1, 0.15) is 0 Å². The number of hydrogen-bond donors (Lipinski definition) is 1. The Bertz CT molecular complexity index is 455. The molecule has 0 bridgehead atoms. The van der Waals surface area contributed by atoms with Gasteiger partial charge in [-0.15, -0.1) is 11.3 Å². The number of rotatable bonds is 6. The molecule has 1 N–H and O–H groups in total. The SMILES string of the molecule is CNCc1sc(N(C)CC2CCN(C)C2)nc1C1CC1. The van der Waals surface area contributed by atoms with Crippen molar-refractivity contribution >= 4 is 16.5 Å². The van der Waals surface area contributed by atoms with E-state index in [0.717, 1.165) is 24.9 Å². The molecule has 3 rings (SSSR count). The van der Waals surface area contributed by atoms with Crippen LogP contribution in [-0.2, 0) is 6.54 Å². The van der Waals surface area contributed by atoms with Crippen LogP contribution in [0.2, 0.25) is 0 Å². The molecule has 1 aliphatic heterocycles. The van der Waals surface area contributed by atoms with Crippen LogP contribution in [0.25, 0.3) is 0 Å². The van der Waals surface area contributed by atoms with Crippen LogP contribution in [0.5, 0.6) is 0 Å². The van der Waals surface area contributed by atoms with E-state index in [9.17, 15) is 0 Å². The van der Waals surface area contributed by atoms with E-state index in [1.807, 2.05) is 18.4 Å². The first-order chi connectivity index (χ1) is 9.67. The molecule has 0 aromatic carbocycles. The van der Waals surface area contributed by atoms with E-state index in [0.29, 0.717) is 0 Å². The standard InChI is InChI=1S/C15H26N4S/c1-16-8-13-14(12-4-5-12)17-15(20-13)19(3)10-11-6-7-18(2)9-11/h11-12,16H,4-10H2,1-3H3. The summed E-state index contributed by atoms with van der Waals surface area (Å²) in [6.45, 7) is 4.58. The van der Waals surface area contributed by atoms with Crippen molar-refractivity contribution in [2.45, 2.75) is 31.7 Å². The molecule has 1 unspecified atom stereocenters. The van der Waals surface area contributed by atoms with Crippen LogP contribution in [0.1, 0.15) is 35.8 Å². The number of hydrogen-bond acceptors (Lipinski definition) is 5. The largest absolute Gasteiger partial charge is 0.351 e. The van der Waals surface area contributed by atoms with Gasteiger partial charge >= 0.3 is 0 Å². The zero-order chi connectivity index (χ0) is 14.1. The molecule has 1 aromatic rings. The highest BCUT2D eigenvalue weighted by atomic mass is 32.1. The van der Waals surface area contributed by atoms with E-state index in [2.05, 4.69) is 29.2 Å². The topological polar surface area (TPSA) is 31.4 Å². The van der Waals surface area contributed by atoms with Gasteiger partial charge in [-0.05, 0) is 45.8 Å². The van der Waals surface area contributed by atoms with Gasteiger partial charge < -0.3 is 15.1 Å². The smallest absolute Gasteiger partial charge is 0.185 e. The number of thiazole rings is 1. The molecule has 1 atom stereocenters. The van der Waals surface area contributed by atoms with Gasteiger partial charge in [0.2, 0.25) is 0 Å². The molecule has 1 aromatic heterocycles. The van der Waals surface area contributed by atoms with Crippen molar-refractivity contribution in [1.29, 1.82) is 0 Å². The molecule has 5 heteroatoms. The summed E-state index contributed by atoms with van der Waals surface area (Å²) < 4.78 is 0. The first-order valence-electron chi connectivity index (χ1n) is 7.71. The maximum absolute atomic E-state index is 4.94. The highest BCUT2D eigenvalue weighted by Gasteiger charge is 2.30. The summed E-state index contributed by atoms with van der Waals surface area (Å²) in [5.41, 5.74) is 1.37. The monoisotopic (exact) mass is 294 g/mol. The van der Waals surface area contributed by atoms with Crippen LogP contribution in [0.15, 0.2) is 0 Å². The Morgan fingerprint density at radius 1 is 1.40 bits per heavy atom. The fourth-order valence-corrected chi connectivity index (χ4v) is 4.25. The van der Waals surface area contributed by atoms with Crippen molar-refractivity contribution in [2.75, 3.05) is 45.7 Å². The second-order valence-electron chi connectivity index (χ2n) is 6.41. The van der Waals surface area contributed by atoms with Crippen LogP contribution < -0.4 is 10.2 Å². The van der Waals surface area contributed by atoms with Crippen LogP contribution in [0.4, 0.5) is 5.13 Å². The lowest BCUT2D eigenvalue weighted by atomic mass is 10.1. The summed E-state index contributed by atoms with van der Waals surface area (Å²) in [5.74, 6) is 1.54. The quantitative estimate of drug-likeness (QED) is 0.871. The predicted octanol–water partition coefficient (Wildman–Crippen LogP) is 2.13. The van der Waals surface area contributed by atoms with Gasteiger partial charge in [0.25, 0.3) is 0 Å². The Labute approximate surface area is 126 Å². The zero-order valence-electron chi connectivity index (χ0n) is 12.9. The fraction of sp³-hybridized carbons (Fsp3) is 0.800. The molecule has 2 fully saturated rings. The van der Waals surface area contributed by atoms with Crippen molar-refractivity contribution in [3.05, 3.63) is 10.6 Å². The lowest BCUT2D eigenvalue weighted by Crippen LogP contribution is -2.27. The summed E-state index contributed by atoms with van der Waals surface area (Å²) in [5, 5.41) is 4.50. The van der Waals surface area contributed by atoms with E-state index in [1.54, 1.807) is 0 Å². The van der Waals surface area contributed by atoms with Crippen LogP contribution in [0, 0.1) is 5.92 Å². The molecule has 0 spiro atoms. The van der Waals surface area contributed by atoms with Gasteiger partial charge in [0, 0.05) is 37.5 Å². The molecular weight excluding hydrogens is 268 g/mol. The van der Waals surface area contributed by atoms with Gasteiger partial charge in [0.15, 0.2) is 5.13 Å². The maximum Gasteiger partial charge on any atom is 0.185 e. The third-order valence-corrected chi connectivity index (χ3v) is 5.55. The van der Waals surface area contributed by atoms with Crippen molar-refractivity contribution in [2.24, 2.45) is 5.92 Å². The lowest BCUT2D eigenvalue weighted by molar-refractivity contribution is 0.396. The van der Waals surface area contributed by atoms with E-state index in [-0.39, 0.29) is 0 Å². The summed E-state index contributed by atoms with van der Waals surface area (Å²) in [4.78, 5) is 11.2. The highest BCUT2D eigenvalue weighted by Crippen LogP contribution is 2.44. The minimum atomic E-state index is 0.745. The average Bonchev–Trinajstić information content (AvgIpc) is 3.05. The number of nitrogens with one attached hydrogen (secondary N) is 1. The molecule has 0 radical (unpaired) electrons. The highest BCUT2D eigenvalue weighted by molar-refractivity contribution is 7.15. The number of nitrogens with zero attached hydrogens (tertiary/aromatic N) is 3. The zero-order valence-corrected chi connectivity index (χ0v) is 13.7. The third-order valence-electron chi connectivity index (χ3n) is 4.37. The molecule has 112 valence electrons. The van der Waals surface area contributed by atoms with Gasteiger partial charge in [-0.1, -0.05) is 0 Å². The Hall–Kier alpha value is -0.650. The first kappa shape index (κ1) is 14.3. The van der Waals surface area contributed by atoms with Crippen molar-refractivity contribution < 1.29 is 0 Å². The van der Waals surface area contributed by atoms with E-state index >= 15 is 0 Å². The van der Waals surface area contributed by atoms with Crippen LogP contribution in [0.3, 0.4) is 0 Å². The number of aromatic nitrogens is 1. The maximum atomic E-state index is 4.94. The van der Waals surface area contributed by atoms with Crippen molar-refractivity contribution in [3.8, 4) is 0 Å². The predicted molar refractivity (Wildman–Crippen MR) is 85.7 cm³/mol. The normalized spacial score (nSPS) is 23.4. The Morgan fingerprint density at radius 2 is 2.20 bits per heavy atom. The summed E-state index contributed by atoms with van der Waals surface area (Å²) in [7, 11) is 6.45. The molecule has 2 heterocycles. The van der Waals surface area contributed by atoms with Gasteiger partial charge in [-0.25, -0.2) is 4.98 Å². The Kier molecular flexibility index (Phi) is 4.29. The van der Waals surface area contributed by atoms with Crippen molar-refractivity contribution in [3.63, 3.8) is 0 Å². The lowest BCUT2D eigenvalue weighted by Gasteiger charge is -2.20. The Balaban J connectivity index is 1.67. The van der Waals surface area contributed by atoms with E-state index in [1.165, 1.54) is 48.1 Å². The van der Waals surface area contributed by atoms with Crippen molar-refractivity contribution in [1.82, 2.24) is 15.2 Å². The minimum Gasteiger partial charge on any atom is -0.351 e. The molecule has 2 aliphatic rings. The summed E-state index contributed by atoms with van der Waals surface area (Å²) in [6, 6.07) is 0. The number of likely N-dealkylation sites (tertiary alicyclic amines) is 1. The summed E-state index contributed by atoms with van der Waals surface area (Å²) >= 11 is 1.88. The molecule has 0 amide bonds. The molecule has 20 heavy (non-hydrogen) atoms. The molecule has 1 saturated heterocycles. The fourth-order valence-electron chi connectivity index (χ4n) is 3.12. The third kappa shape index (κ3) is 3.15. The minimum absolute atomic E-state index is 0.745. The van der Waals surface area contributed by atoms with Gasteiger partial charge in [-0.3, -0.25) is 0 Å². The molecule has 1 saturated carbocycles. The molecule has 1 aliphatic carbocycles. The first-order valence-corrected chi connectivity index (χ1v) is 8.53. The van der Waals surface area contributed by atoms with Gasteiger partial charge in [-0.2, -0.15) is 0 Å². The average molecular weight is 294 g/mol. The Morgan fingerprint density at radius 3 is 2.80 bits per heavy atom. The number of anilines is 1. The van der Waals surface area contributed by atoms with E-state index in [4.69, 9.17) is 4.98 Å². The second kappa shape index (κ2) is 6.00. The van der Waals surface area contributed by atoms with Crippen LogP contribution in [-0.4, -0.2) is 50.7 Å². The summed E-state index contributed by atoms with van der Waals surface area (Å²) in [6.07, 6.45) is 3.99.